The van der Waals surface area contributed by atoms with E-state index in [1.165, 1.54) is 0 Å². The highest BCUT2D eigenvalue weighted by Gasteiger charge is 2.15. The largest absolute Gasteiger partial charge is 0.459 e. The molecule has 0 aliphatic rings. The van der Waals surface area contributed by atoms with Gasteiger partial charge in [0.25, 0.3) is 0 Å². The second kappa shape index (κ2) is 6.24. The van der Waals surface area contributed by atoms with Crippen molar-refractivity contribution in [2.24, 2.45) is 0 Å². The van der Waals surface area contributed by atoms with Crippen LogP contribution in [0.3, 0.4) is 0 Å². The first kappa shape index (κ1) is 14.7. The van der Waals surface area contributed by atoms with Crippen molar-refractivity contribution >= 4 is 28.5 Å². The van der Waals surface area contributed by atoms with Crippen molar-refractivity contribution in [3.8, 4) is 0 Å². The number of rotatable bonds is 4. The summed E-state index contributed by atoms with van der Waals surface area (Å²) < 4.78 is 5.76. The lowest BCUT2D eigenvalue weighted by molar-refractivity contribution is -0.121. The summed E-state index contributed by atoms with van der Waals surface area (Å²) in [5, 5.41) is 4.58. The first-order valence-electron chi connectivity index (χ1n) is 7.15. The van der Waals surface area contributed by atoms with Gasteiger partial charge in [-0.25, -0.2) is 0 Å². The topological polar surface area (TPSA) is 42.2 Å². The summed E-state index contributed by atoms with van der Waals surface area (Å²) in [6.45, 7) is 1.90. The predicted molar refractivity (Wildman–Crippen MR) is 87.9 cm³/mol. The molecule has 4 heteroatoms. The predicted octanol–water partition coefficient (Wildman–Crippen LogP) is 4.51. The molecule has 3 aromatic rings. The van der Waals surface area contributed by atoms with Crippen LogP contribution >= 0.6 is 11.6 Å². The van der Waals surface area contributed by atoms with Crippen molar-refractivity contribution in [2.75, 3.05) is 0 Å². The molecular weight excluding hydrogens is 298 g/mol. The zero-order valence-corrected chi connectivity index (χ0v) is 12.9. The summed E-state index contributed by atoms with van der Waals surface area (Å²) in [4.78, 5) is 12.2. The number of para-hydroxylation sites is 1. The fourth-order valence-corrected chi connectivity index (χ4v) is 2.60. The molecule has 2 aromatic carbocycles. The number of halogens is 1. The average molecular weight is 314 g/mol. The van der Waals surface area contributed by atoms with Gasteiger partial charge in [0.1, 0.15) is 11.3 Å². The van der Waals surface area contributed by atoms with Crippen LogP contribution in [-0.4, -0.2) is 5.91 Å². The smallest absolute Gasteiger partial charge is 0.225 e. The number of fused-ring (bicyclic) bond motifs is 1. The molecule has 0 spiro atoms. The Labute approximate surface area is 133 Å². The van der Waals surface area contributed by atoms with Gasteiger partial charge in [0.15, 0.2) is 0 Å². The van der Waals surface area contributed by atoms with Crippen molar-refractivity contribution in [2.45, 2.75) is 19.4 Å². The van der Waals surface area contributed by atoms with Gasteiger partial charge in [0.05, 0.1) is 12.5 Å². The molecule has 0 bridgehead atoms. The van der Waals surface area contributed by atoms with Gasteiger partial charge >= 0.3 is 0 Å². The zero-order chi connectivity index (χ0) is 15.5. The lowest BCUT2D eigenvalue weighted by Crippen LogP contribution is -2.27. The van der Waals surface area contributed by atoms with Crippen molar-refractivity contribution < 1.29 is 9.21 Å². The van der Waals surface area contributed by atoms with Crippen LogP contribution < -0.4 is 5.32 Å². The first-order valence-corrected chi connectivity index (χ1v) is 7.52. The van der Waals surface area contributed by atoms with Crippen molar-refractivity contribution in [1.82, 2.24) is 5.32 Å². The molecule has 0 saturated carbocycles. The van der Waals surface area contributed by atoms with E-state index < -0.39 is 0 Å². The Balaban J connectivity index is 1.69. The molecule has 1 amide bonds. The van der Waals surface area contributed by atoms with Crippen LogP contribution in [0, 0.1) is 0 Å². The van der Waals surface area contributed by atoms with Crippen LogP contribution in [0.2, 0.25) is 5.02 Å². The zero-order valence-electron chi connectivity index (χ0n) is 12.2. The molecule has 1 aromatic heterocycles. The third kappa shape index (κ3) is 3.15. The van der Waals surface area contributed by atoms with E-state index in [0.29, 0.717) is 5.02 Å². The van der Waals surface area contributed by atoms with E-state index in [0.717, 1.165) is 22.3 Å². The maximum Gasteiger partial charge on any atom is 0.225 e. The molecule has 112 valence electrons. The minimum absolute atomic E-state index is 0.0824. The minimum atomic E-state index is -0.192. The molecule has 0 fully saturated rings. The van der Waals surface area contributed by atoms with Crippen molar-refractivity contribution in [3.05, 3.63) is 70.9 Å². The molecule has 0 aliphatic carbocycles. The summed E-state index contributed by atoms with van der Waals surface area (Å²) in [5.41, 5.74) is 1.64. The van der Waals surface area contributed by atoms with Crippen LogP contribution in [0.15, 0.2) is 59.0 Å². The molecule has 3 rings (SSSR count). The van der Waals surface area contributed by atoms with Crippen LogP contribution in [0.4, 0.5) is 0 Å². The Bertz CT molecular complexity index is 776. The number of amides is 1. The normalized spacial score (nSPS) is 12.3. The van der Waals surface area contributed by atoms with Gasteiger partial charge in [0.2, 0.25) is 5.91 Å². The Morgan fingerprint density at radius 2 is 1.91 bits per heavy atom. The van der Waals surface area contributed by atoms with E-state index >= 15 is 0 Å². The third-order valence-electron chi connectivity index (χ3n) is 3.56. The Kier molecular flexibility index (Phi) is 4.16. The van der Waals surface area contributed by atoms with Crippen LogP contribution in [0.25, 0.3) is 11.0 Å². The van der Waals surface area contributed by atoms with Crippen LogP contribution in [0.5, 0.6) is 0 Å². The van der Waals surface area contributed by atoms with E-state index in [1.807, 2.05) is 55.5 Å². The third-order valence-corrected chi connectivity index (χ3v) is 3.93. The maximum atomic E-state index is 12.2. The number of furan rings is 1. The number of hydrogen-bond acceptors (Lipinski definition) is 2. The van der Waals surface area contributed by atoms with Crippen molar-refractivity contribution in [1.29, 1.82) is 0 Å². The summed E-state index contributed by atoms with van der Waals surface area (Å²) in [7, 11) is 0. The average Bonchev–Trinajstić information content (AvgIpc) is 2.93. The van der Waals surface area contributed by atoms with E-state index in [-0.39, 0.29) is 18.4 Å². The maximum absolute atomic E-state index is 12.2. The highest BCUT2D eigenvalue weighted by molar-refractivity contribution is 6.31. The molecule has 22 heavy (non-hydrogen) atoms. The van der Waals surface area contributed by atoms with Crippen LogP contribution in [-0.2, 0) is 11.2 Å². The molecule has 1 N–H and O–H groups in total. The molecule has 0 saturated heterocycles. The van der Waals surface area contributed by atoms with Gasteiger partial charge < -0.3 is 9.73 Å². The highest BCUT2D eigenvalue weighted by Crippen LogP contribution is 2.23. The summed E-state index contributed by atoms with van der Waals surface area (Å²) in [6.07, 6.45) is 0.254. The summed E-state index contributed by atoms with van der Waals surface area (Å²) in [6, 6.07) is 16.9. The molecule has 0 aliphatic heterocycles. The number of nitrogens with one attached hydrogen (secondary N) is 1. The van der Waals surface area contributed by atoms with Gasteiger partial charge in [-0.3, -0.25) is 4.79 Å². The SMILES string of the molecule is CC(NC(=O)Cc1ccccc1Cl)c1cc2ccccc2o1. The Morgan fingerprint density at radius 1 is 1.18 bits per heavy atom. The lowest BCUT2D eigenvalue weighted by atomic mass is 10.1. The van der Waals surface area contributed by atoms with Gasteiger partial charge in [-0.1, -0.05) is 48.0 Å². The molecule has 1 unspecified atom stereocenters. The fourth-order valence-electron chi connectivity index (χ4n) is 2.39. The number of benzene rings is 2. The quantitative estimate of drug-likeness (QED) is 0.770. The lowest BCUT2D eigenvalue weighted by Gasteiger charge is -2.11. The van der Waals surface area contributed by atoms with Gasteiger partial charge in [-0.2, -0.15) is 0 Å². The monoisotopic (exact) mass is 313 g/mol. The van der Waals surface area contributed by atoms with Gasteiger partial charge in [0, 0.05) is 10.4 Å². The van der Waals surface area contributed by atoms with Gasteiger partial charge in [-0.15, -0.1) is 0 Å². The van der Waals surface area contributed by atoms with E-state index in [1.54, 1.807) is 6.07 Å². The second-order valence-corrected chi connectivity index (χ2v) is 5.65. The standard InChI is InChI=1S/C18H16ClNO2/c1-12(17-10-14-7-3-5-9-16(14)22-17)20-18(21)11-13-6-2-4-8-15(13)19/h2-10,12H,11H2,1H3,(H,20,21). The summed E-state index contributed by atoms with van der Waals surface area (Å²) >= 11 is 6.08. The fraction of sp³-hybridized carbons (Fsp3) is 0.167. The van der Waals surface area contributed by atoms with E-state index in [4.69, 9.17) is 16.0 Å². The van der Waals surface area contributed by atoms with Gasteiger partial charge in [-0.05, 0) is 30.7 Å². The van der Waals surface area contributed by atoms with E-state index in [9.17, 15) is 4.79 Å². The van der Waals surface area contributed by atoms with E-state index in [2.05, 4.69) is 5.32 Å². The minimum Gasteiger partial charge on any atom is -0.459 e. The number of hydrogen-bond donors (Lipinski definition) is 1. The number of carbonyl (C=O) groups is 1. The highest BCUT2D eigenvalue weighted by atomic mass is 35.5. The Morgan fingerprint density at radius 3 is 2.68 bits per heavy atom. The molecule has 3 nitrogen and oxygen atoms in total. The molecule has 1 atom stereocenters. The Hall–Kier alpha value is -2.26. The second-order valence-electron chi connectivity index (χ2n) is 5.24. The number of carbonyl (C=O) groups excluding carboxylic acids is 1. The van der Waals surface area contributed by atoms with Crippen LogP contribution in [0.1, 0.15) is 24.3 Å². The summed E-state index contributed by atoms with van der Waals surface area (Å²) in [5.74, 6) is 0.662. The molecule has 1 heterocycles. The molecular formula is C18H16ClNO2. The molecule has 0 radical (unpaired) electrons. The first-order chi connectivity index (χ1) is 10.6. The van der Waals surface area contributed by atoms with Crippen molar-refractivity contribution in [3.63, 3.8) is 0 Å².